The monoisotopic (exact) mass is 350 g/mol. The number of quaternary nitrogens is 1. The van der Waals surface area contributed by atoms with Crippen molar-refractivity contribution in [1.82, 2.24) is 0 Å². The van der Waals surface area contributed by atoms with Crippen molar-refractivity contribution in [3.05, 3.63) is 71.8 Å². The molecule has 2 aromatic carbocycles. The molecule has 0 aliphatic carbocycles. The largest absolute Gasteiger partial charge is 0.369 e. The van der Waals surface area contributed by atoms with Crippen LogP contribution in [0.5, 0.6) is 0 Å². The fourth-order valence-electron chi connectivity index (χ4n) is 3.35. The van der Waals surface area contributed by atoms with Gasteiger partial charge in [-0.25, -0.2) is 0 Å². The highest BCUT2D eigenvalue weighted by Crippen LogP contribution is 2.28. The van der Waals surface area contributed by atoms with Crippen molar-refractivity contribution in [3.8, 4) is 11.8 Å². The summed E-state index contributed by atoms with van der Waals surface area (Å²) in [6.45, 7) is 11.9. The molecule has 2 N–H and O–H groups in total. The van der Waals surface area contributed by atoms with E-state index in [9.17, 15) is 5.11 Å². The standard InChI is InChI=1S/C24H31NO/c1-20(2)18-25(19-21(3)4)17-11-16-24(26,22-12-7-5-8-13-22)23-14-9-6-10-15-23/h5-10,12-15,20-21,26H,17-19H2,1-4H3/p+1. The van der Waals surface area contributed by atoms with Gasteiger partial charge >= 0.3 is 0 Å². The Morgan fingerprint density at radius 3 is 1.62 bits per heavy atom. The summed E-state index contributed by atoms with van der Waals surface area (Å²) in [5, 5.41) is 11.4. The van der Waals surface area contributed by atoms with E-state index in [0.29, 0.717) is 11.8 Å². The molecule has 0 bridgehead atoms. The molecular formula is C24H32NO+. The van der Waals surface area contributed by atoms with E-state index in [-0.39, 0.29) is 0 Å². The Labute approximate surface area is 158 Å². The Morgan fingerprint density at radius 2 is 1.23 bits per heavy atom. The van der Waals surface area contributed by atoms with Crippen LogP contribution in [0.4, 0.5) is 0 Å². The second-order valence-corrected chi connectivity index (χ2v) is 7.87. The first-order valence-corrected chi connectivity index (χ1v) is 9.59. The zero-order valence-electron chi connectivity index (χ0n) is 16.5. The minimum Gasteiger partial charge on any atom is -0.369 e. The van der Waals surface area contributed by atoms with Crippen LogP contribution in [0.3, 0.4) is 0 Å². The molecule has 0 heterocycles. The van der Waals surface area contributed by atoms with Crippen LogP contribution in [-0.4, -0.2) is 24.7 Å². The first-order valence-electron chi connectivity index (χ1n) is 9.59. The van der Waals surface area contributed by atoms with Crippen LogP contribution >= 0.6 is 0 Å². The summed E-state index contributed by atoms with van der Waals surface area (Å²) in [5.74, 6) is 7.75. The molecule has 0 aliphatic heterocycles. The number of nitrogens with one attached hydrogen (secondary N) is 1. The van der Waals surface area contributed by atoms with Gasteiger partial charge in [0.15, 0.2) is 5.60 Å². The number of aliphatic hydroxyl groups is 1. The van der Waals surface area contributed by atoms with E-state index in [4.69, 9.17) is 0 Å². The van der Waals surface area contributed by atoms with Gasteiger partial charge in [-0.1, -0.05) is 94.3 Å². The van der Waals surface area contributed by atoms with Crippen LogP contribution in [-0.2, 0) is 5.60 Å². The number of hydrogen-bond acceptors (Lipinski definition) is 1. The third kappa shape index (κ3) is 5.73. The minimum atomic E-state index is -1.27. The van der Waals surface area contributed by atoms with Gasteiger partial charge in [-0.3, -0.25) is 0 Å². The molecule has 2 heteroatoms. The minimum absolute atomic E-state index is 0.632. The lowest BCUT2D eigenvalue weighted by Gasteiger charge is -2.24. The third-order valence-electron chi connectivity index (χ3n) is 4.38. The van der Waals surface area contributed by atoms with Crippen molar-refractivity contribution in [2.75, 3.05) is 19.6 Å². The van der Waals surface area contributed by atoms with Crippen LogP contribution in [0.2, 0.25) is 0 Å². The van der Waals surface area contributed by atoms with Crippen molar-refractivity contribution in [2.45, 2.75) is 33.3 Å². The molecule has 2 nitrogen and oxygen atoms in total. The zero-order valence-corrected chi connectivity index (χ0v) is 16.5. The molecule has 0 fully saturated rings. The van der Waals surface area contributed by atoms with Gasteiger partial charge in [-0.15, -0.1) is 0 Å². The summed E-state index contributed by atoms with van der Waals surface area (Å²) in [7, 11) is 0. The smallest absolute Gasteiger partial charge is 0.177 e. The molecule has 0 aliphatic rings. The summed E-state index contributed by atoms with van der Waals surface area (Å²) in [6, 6.07) is 19.4. The third-order valence-corrected chi connectivity index (χ3v) is 4.38. The highest BCUT2D eigenvalue weighted by Gasteiger charge is 2.29. The van der Waals surface area contributed by atoms with Crippen molar-refractivity contribution in [1.29, 1.82) is 0 Å². The number of benzene rings is 2. The summed E-state index contributed by atoms with van der Waals surface area (Å²) in [5.41, 5.74) is 0.351. The normalized spacial score (nSPS) is 11.7. The predicted octanol–water partition coefficient (Wildman–Crippen LogP) is 3.12. The highest BCUT2D eigenvalue weighted by molar-refractivity contribution is 5.44. The Hall–Kier alpha value is -2.08. The molecule has 0 radical (unpaired) electrons. The highest BCUT2D eigenvalue weighted by atomic mass is 16.3. The maximum Gasteiger partial charge on any atom is 0.177 e. The molecule has 0 saturated heterocycles. The molecule has 2 rings (SSSR count). The maximum absolute atomic E-state index is 11.4. The van der Waals surface area contributed by atoms with Gasteiger partial charge < -0.3 is 10.0 Å². The lowest BCUT2D eigenvalue weighted by Crippen LogP contribution is -3.13. The van der Waals surface area contributed by atoms with E-state index in [1.165, 1.54) is 4.90 Å². The van der Waals surface area contributed by atoms with Gasteiger partial charge in [-0.2, -0.15) is 0 Å². The molecular weight excluding hydrogens is 318 g/mol. The summed E-state index contributed by atoms with van der Waals surface area (Å²) < 4.78 is 0. The molecule has 26 heavy (non-hydrogen) atoms. The van der Waals surface area contributed by atoms with Gasteiger partial charge in [0.05, 0.1) is 13.1 Å². The molecule has 0 amide bonds. The molecule has 0 spiro atoms. The first-order chi connectivity index (χ1) is 12.4. The van der Waals surface area contributed by atoms with Crippen LogP contribution in [0.1, 0.15) is 38.8 Å². The van der Waals surface area contributed by atoms with Crippen LogP contribution < -0.4 is 4.90 Å². The van der Waals surface area contributed by atoms with E-state index in [1.54, 1.807) is 0 Å². The van der Waals surface area contributed by atoms with Gasteiger partial charge in [0, 0.05) is 23.0 Å². The Kier molecular flexibility index (Phi) is 7.45. The van der Waals surface area contributed by atoms with E-state index in [2.05, 4.69) is 39.5 Å². The zero-order chi connectivity index (χ0) is 19.0. The molecule has 0 aromatic heterocycles. The summed E-state index contributed by atoms with van der Waals surface area (Å²) >= 11 is 0. The van der Waals surface area contributed by atoms with Gasteiger partial charge in [0.2, 0.25) is 0 Å². The van der Waals surface area contributed by atoms with Gasteiger partial charge in [0.25, 0.3) is 0 Å². The Bertz CT molecular complexity index is 661. The summed E-state index contributed by atoms with van der Waals surface area (Å²) in [4.78, 5) is 1.48. The summed E-state index contributed by atoms with van der Waals surface area (Å²) in [6.07, 6.45) is 0. The average Bonchev–Trinajstić information content (AvgIpc) is 2.62. The van der Waals surface area contributed by atoms with Crippen LogP contribution in [0.15, 0.2) is 60.7 Å². The molecule has 2 aromatic rings. The molecule has 138 valence electrons. The van der Waals surface area contributed by atoms with Crippen molar-refractivity contribution < 1.29 is 10.0 Å². The van der Waals surface area contributed by atoms with E-state index in [1.807, 2.05) is 60.7 Å². The van der Waals surface area contributed by atoms with E-state index < -0.39 is 5.60 Å². The Balaban J connectivity index is 2.30. The fourth-order valence-corrected chi connectivity index (χ4v) is 3.35. The number of rotatable bonds is 7. The van der Waals surface area contributed by atoms with Gasteiger partial charge in [-0.05, 0) is 5.92 Å². The molecule has 0 atom stereocenters. The fraction of sp³-hybridized carbons (Fsp3) is 0.417. The van der Waals surface area contributed by atoms with Gasteiger partial charge in [0.1, 0.15) is 6.54 Å². The van der Waals surface area contributed by atoms with Crippen molar-refractivity contribution in [3.63, 3.8) is 0 Å². The van der Waals surface area contributed by atoms with Crippen LogP contribution in [0, 0.1) is 23.7 Å². The quantitative estimate of drug-likeness (QED) is 0.737. The topological polar surface area (TPSA) is 24.7 Å². The SMILES string of the molecule is CC(C)C[NH+](CC#CC(O)(c1ccccc1)c1ccccc1)CC(C)C. The first kappa shape index (κ1) is 20.2. The van der Waals surface area contributed by atoms with E-state index >= 15 is 0 Å². The second kappa shape index (κ2) is 9.57. The van der Waals surface area contributed by atoms with E-state index in [0.717, 1.165) is 30.8 Å². The predicted molar refractivity (Wildman–Crippen MR) is 109 cm³/mol. The average molecular weight is 351 g/mol. The lowest BCUT2D eigenvalue weighted by molar-refractivity contribution is -0.898. The lowest BCUT2D eigenvalue weighted by atomic mass is 9.87. The molecule has 0 saturated carbocycles. The van der Waals surface area contributed by atoms with Crippen molar-refractivity contribution >= 4 is 0 Å². The maximum atomic E-state index is 11.4. The number of hydrogen-bond donors (Lipinski definition) is 2. The van der Waals surface area contributed by atoms with Crippen molar-refractivity contribution in [2.24, 2.45) is 11.8 Å². The Morgan fingerprint density at radius 1 is 0.808 bits per heavy atom. The molecule has 0 unspecified atom stereocenters. The second-order valence-electron chi connectivity index (χ2n) is 7.87. The van der Waals surface area contributed by atoms with Crippen LogP contribution in [0.25, 0.3) is 0 Å².